The number of carbonyl (C=O) groups is 1. The van der Waals surface area contributed by atoms with Gasteiger partial charge in [-0.25, -0.2) is 8.78 Å². The smallest absolute Gasteiger partial charge is 0.282 e. The molecular weight excluding hydrogens is 430 g/mol. The van der Waals surface area contributed by atoms with Crippen LogP contribution in [-0.4, -0.2) is 33.0 Å². The topological polar surface area (TPSA) is 78.2 Å². The average molecular weight is 450 g/mol. The first-order valence-corrected chi connectivity index (χ1v) is 10.6. The molecule has 0 aromatic heterocycles. The number of para-hydroxylation sites is 1. The van der Waals surface area contributed by atoms with Gasteiger partial charge in [0.05, 0.1) is 28.6 Å². The number of pyridine rings is 1. The number of hydrogen-bond donors (Lipinski definition) is 1. The van der Waals surface area contributed by atoms with Gasteiger partial charge in [0, 0.05) is 31.6 Å². The van der Waals surface area contributed by atoms with Crippen LogP contribution in [0.3, 0.4) is 0 Å². The molecule has 9 heteroatoms. The predicted octanol–water partition coefficient (Wildman–Crippen LogP) is 3.85. The van der Waals surface area contributed by atoms with Crippen molar-refractivity contribution in [3.63, 3.8) is 0 Å². The van der Waals surface area contributed by atoms with Crippen molar-refractivity contribution < 1.29 is 18.3 Å². The van der Waals surface area contributed by atoms with Crippen molar-refractivity contribution in [1.82, 2.24) is 14.3 Å². The number of anilines is 1. The van der Waals surface area contributed by atoms with E-state index in [1.54, 1.807) is 41.2 Å². The highest BCUT2D eigenvalue weighted by Gasteiger charge is 2.26. The Bertz CT molecular complexity index is 1340. The SMILES string of the molecule is O=C(Nc1ccc(F)cc1F)c1cn(C[C@H]2CCCO2)cc2c(=O)n(-c3ccccc3)nc1-2. The summed E-state index contributed by atoms with van der Waals surface area (Å²) in [4.78, 5) is 26.3. The van der Waals surface area contributed by atoms with E-state index in [-0.39, 0.29) is 34.2 Å². The summed E-state index contributed by atoms with van der Waals surface area (Å²) in [5.74, 6) is -2.31. The second-order valence-corrected chi connectivity index (χ2v) is 7.90. The van der Waals surface area contributed by atoms with Crippen LogP contribution in [0.4, 0.5) is 14.5 Å². The van der Waals surface area contributed by atoms with Crippen LogP contribution in [0.5, 0.6) is 0 Å². The van der Waals surface area contributed by atoms with Crippen LogP contribution in [0.1, 0.15) is 23.2 Å². The third-order valence-corrected chi connectivity index (χ3v) is 5.59. The molecule has 2 aromatic carbocycles. The molecule has 168 valence electrons. The molecule has 0 spiro atoms. The summed E-state index contributed by atoms with van der Waals surface area (Å²) in [6.45, 7) is 1.13. The minimum atomic E-state index is -0.901. The van der Waals surface area contributed by atoms with E-state index in [2.05, 4.69) is 10.4 Å². The van der Waals surface area contributed by atoms with Crippen molar-refractivity contribution in [2.24, 2.45) is 0 Å². The number of nitrogens with zero attached hydrogens (tertiary/aromatic N) is 3. The van der Waals surface area contributed by atoms with Gasteiger partial charge in [0.15, 0.2) is 0 Å². The molecule has 1 N–H and O–H groups in total. The van der Waals surface area contributed by atoms with Gasteiger partial charge in [0.2, 0.25) is 0 Å². The highest BCUT2D eigenvalue weighted by atomic mass is 19.1. The lowest BCUT2D eigenvalue weighted by Crippen LogP contribution is -2.21. The molecule has 2 aromatic rings. The fraction of sp³-hybridized carbons (Fsp3) is 0.208. The Kier molecular flexibility index (Phi) is 5.47. The number of aromatic nitrogens is 3. The number of hydrogen-bond acceptors (Lipinski definition) is 4. The maximum absolute atomic E-state index is 14.1. The number of benzene rings is 2. The summed E-state index contributed by atoms with van der Waals surface area (Å²) >= 11 is 0. The monoisotopic (exact) mass is 450 g/mol. The number of halogens is 2. The summed E-state index contributed by atoms with van der Waals surface area (Å²) < 4.78 is 36.0. The van der Waals surface area contributed by atoms with E-state index in [1.807, 2.05) is 6.07 Å². The highest BCUT2D eigenvalue weighted by molar-refractivity contribution is 6.08. The number of ether oxygens (including phenoxy) is 1. The third-order valence-electron chi connectivity index (χ3n) is 5.59. The van der Waals surface area contributed by atoms with Gasteiger partial charge in [-0.05, 0) is 37.1 Å². The second kappa shape index (κ2) is 8.59. The summed E-state index contributed by atoms with van der Waals surface area (Å²) in [5, 5.41) is 6.86. The van der Waals surface area contributed by atoms with Gasteiger partial charge in [-0.3, -0.25) is 9.59 Å². The van der Waals surface area contributed by atoms with E-state index in [1.165, 1.54) is 4.68 Å². The fourth-order valence-corrected chi connectivity index (χ4v) is 3.98. The lowest BCUT2D eigenvalue weighted by Gasteiger charge is -2.16. The summed E-state index contributed by atoms with van der Waals surface area (Å²) in [5.41, 5.74) is 0.548. The highest BCUT2D eigenvalue weighted by Crippen LogP contribution is 2.25. The van der Waals surface area contributed by atoms with Crippen molar-refractivity contribution in [2.75, 3.05) is 11.9 Å². The number of fused-ring (bicyclic) bond motifs is 1. The molecule has 3 aliphatic rings. The number of amides is 1. The molecule has 0 bridgehead atoms. The predicted molar refractivity (Wildman–Crippen MR) is 118 cm³/mol. The van der Waals surface area contributed by atoms with Crippen LogP contribution >= 0.6 is 0 Å². The summed E-state index contributed by atoms with van der Waals surface area (Å²) in [6.07, 6.45) is 5.02. The van der Waals surface area contributed by atoms with Crippen molar-refractivity contribution in [3.8, 4) is 16.9 Å². The van der Waals surface area contributed by atoms with Gasteiger partial charge in [0.1, 0.15) is 17.3 Å². The normalized spacial score (nSPS) is 15.8. The van der Waals surface area contributed by atoms with Gasteiger partial charge >= 0.3 is 0 Å². The fourth-order valence-electron chi connectivity index (χ4n) is 3.98. The molecule has 1 amide bonds. The molecule has 1 fully saturated rings. The molecule has 0 aliphatic carbocycles. The van der Waals surface area contributed by atoms with E-state index in [0.29, 0.717) is 24.9 Å². The molecule has 5 rings (SSSR count). The van der Waals surface area contributed by atoms with Gasteiger partial charge in [0.25, 0.3) is 11.5 Å². The molecule has 0 saturated carbocycles. The van der Waals surface area contributed by atoms with Crippen molar-refractivity contribution in [1.29, 1.82) is 0 Å². The first-order valence-electron chi connectivity index (χ1n) is 10.6. The van der Waals surface area contributed by atoms with Crippen LogP contribution in [0, 0.1) is 11.6 Å². The number of rotatable bonds is 5. The molecule has 3 heterocycles. The van der Waals surface area contributed by atoms with Crippen LogP contribution in [0.15, 0.2) is 65.7 Å². The Morgan fingerprint density at radius 1 is 1.15 bits per heavy atom. The molecule has 0 radical (unpaired) electrons. The molecular formula is C24H20F2N4O3. The Balaban J connectivity index is 1.60. The molecule has 0 unspecified atom stereocenters. The summed E-state index contributed by atoms with van der Waals surface area (Å²) in [6, 6.07) is 11.7. The zero-order chi connectivity index (χ0) is 22.9. The van der Waals surface area contributed by atoms with E-state index in [0.717, 1.165) is 25.0 Å². The third kappa shape index (κ3) is 4.14. The standard InChI is InChI=1S/C24H20F2N4O3/c25-15-8-9-21(20(26)11-15)27-23(31)18-13-29(12-17-7-4-10-33-17)14-19-22(18)28-30(24(19)32)16-5-2-1-3-6-16/h1-3,5-6,8-9,11,13-14,17H,4,7,10,12H2,(H,27,31)/t17-/m1/s1. The first-order chi connectivity index (χ1) is 16.0. The van der Waals surface area contributed by atoms with Gasteiger partial charge in [-0.15, -0.1) is 0 Å². The first kappa shape index (κ1) is 21.0. The van der Waals surface area contributed by atoms with E-state index in [9.17, 15) is 18.4 Å². The van der Waals surface area contributed by atoms with Crippen molar-refractivity contribution in [3.05, 3.63) is 88.5 Å². The van der Waals surface area contributed by atoms with Crippen LogP contribution in [0.25, 0.3) is 16.9 Å². The Morgan fingerprint density at radius 2 is 1.97 bits per heavy atom. The minimum absolute atomic E-state index is 0.0304. The van der Waals surface area contributed by atoms with Crippen molar-refractivity contribution in [2.45, 2.75) is 25.5 Å². The van der Waals surface area contributed by atoms with Gasteiger partial charge in [-0.2, -0.15) is 9.78 Å². The molecule has 7 nitrogen and oxygen atoms in total. The number of nitrogens with one attached hydrogen (secondary N) is 1. The van der Waals surface area contributed by atoms with E-state index >= 15 is 0 Å². The lowest BCUT2D eigenvalue weighted by atomic mass is 10.1. The Morgan fingerprint density at radius 3 is 2.70 bits per heavy atom. The molecule has 33 heavy (non-hydrogen) atoms. The summed E-state index contributed by atoms with van der Waals surface area (Å²) in [7, 11) is 0. The molecule has 1 saturated heterocycles. The number of carbonyl (C=O) groups excluding carboxylic acids is 1. The Labute approximate surface area is 187 Å². The van der Waals surface area contributed by atoms with Crippen LogP contribution in [-0.2, 0) is 11.3 Å². The van der Waals surface area contributed by atoms with Crippen molar-refractivity contribution >= 4 is 11.6 Å². The Hall–Kier alpha value is -3.85. The molecule has 3 aliphatic heterocycles. The largest absolute Gasteiger partial charge is 0.376 e. The zero-order valence-corrected chi connectivity index (χ0v) is 17.5. The second-order valence-electron chi connectivity index (χ2n) is 7.90. The quantitative estimate of drug-likeness (QED) is 0.501. The maximum atomic E-state index is 14.1. The van der Waals surface area contributed by atoms with Gasteiger partial charge < -0.3 is 14.6 Å². The minimum Gasteiger partial charge on any atom is -0.376 e. The maximum Gasteiger partial charge on any atom is 0.282 e. The molecule has 1 atom stereocenters. The van der Waals surface area contributed by atoms with E-state index in [4.69, 9.17) is 4.74 Å². The zero-order valence-electron chi connectivity index (χ0n) is 17.5. The van der Waals surface area contributed by atoms with E-state index < -0.39 is 17.5 Å². The van der Waals surface area contributed by atoms with Crippen LogP contribution < -0.4 is 10.9 Å². The average Bonchev–Trinajstić information content (AvgIpc) is 3.44. The van der Waals surface area contributed by atoms with Gasteiger partial charge in [-0.1, -0.05) is 18.2 Å². The van der Waals surface area contributed by atoms with Crippen LogP contribution in [0.2, 0.25) is 0 Å². The lowest BCUT2D eigenvalue weighted by molar-refractivity contribution is 0.0961.